The second-order valence-electron chi connectivity index (χ2n) is 16.1. The van der Waals surface area contributed by atoms with Crippen LogP contribution in [0.3, 0.4) is 0 Å². The molecule has 0 radical (unpaired) electrons. The fraction of sp³-hybridized carbons (Fsp3) is 0. The van der Waals surface area contributed by atoms with E-state index >= 15 is 0 Å². The Morgan fingerprint density at radius 1 is 0.281 bits per heavy atom. The molecule has 5 nitrogen and oxygen atoms in total. The maximum atomic E-state index is 5.40. The Morgan fingerprint density at radius 2 is 0.734 bits per heavy atom. The van der Waals surface area contributed by atoms with Crippen LogP contribution in [0.1, 0.15) is 0 Å². The van der Waals surface area contributed by atoms with Gasteiger partial charge >= 0.3 is 0 Å². The third-order valence-corrected chi connectivity index (χ3v) is 12.2. The summed E-state index contributed by atoms with van der Waals surface area (Å²) in [7, 11) is 0. The standard InChI is InChI=1S/C59H39N5/c1-6-18-40(19-7-1)48-36-49(42-20-8-2-9-21-42)57(50(37-48)43-22-10-3-11-23-43)64-55-35-34-47(38-56(55)63-54-29-17-16-28-51(54)62-59(63)64)41-30-32-46(33-31-41)58-60-52(44-24-12-4-13-25-44)39-53(61-58)45-26-14-5-15-27-45/h1-39H. The molecule has 0 atom stereocenters. The molecule has 5 heteroatoms. The third-order valence-electron chi connectivity index (χ3n) is 12.2. The van der Waals surface area contributed by atoms with E-state index in [1.165, 1.54) is 5.56 Å². The Kier molecular flexibility index (Phi) is 9.08. The molecule has 0 spiro atoms. The number of fused-ring (bicyclic) bond motifs is 5. The van der Waals surface area contributed by atoms with E-state index in [0.717, 1.165) is 101 Å². The van der Waals surface area contributed by atoms with Gasteiger partial charge in [0.2, 0.25) is 5.78 Å². The number of rotatable bonds is 8. The fourth-order valence-corrected chi connectivity index (χ4v) is 9.05. The lowest BCUT2D eigenvalue weighted by Crippen LogP contribution is -2.02. The van der Waals surface area contributed by atoms with Gasteiger partial charge in [0, 0.05) is 27.8 Å². The zero-order valence-corrected chi connectivity index (χ0v) is 34.8. The fourth-order valence-electron chi connectivity index (χ4n) is 9.05. The first-order chi connectivity index (χ1) is 31.7. The lowest BCUT2D eigenvalue weighted by Gasteiger charge is -2.20. The van der Waals surface area contributed by atoms with Crippen molar-refractivity contribution in [2.24, 2.45) is 0 Å². The van der Waals surface area contributed by atoms with E-state index in [0.29, 0.717) is 5.82 Å². The molecule has 3 heterocycles. The summed E-state index contributed by atoms with van der Waals surface area (Å²) in [6.45, 7) is 0. The van der Waals surface area contributed by atoms with Crippen LogP contribution in [-0.2, 0) is 0 Å². The van der Waals surface area contributed by atoms with Crippen molar-refractivity contribution in [3.05, 3.63) is 237 Å². The van der Waals surface area contributed by atoms with E-state index in [4.69, 9.17) is 15.0 Å². The maximum absolute atomic E-state index is 5.40. The quantitative estimate of drug-likeness (QED) is 0.153. The average molecular weight is 818 g/mol. The normalized spacial score (nSPS) is 11.4. The van der Waals surface area contributed by atoms with E-state index in [1.807, 2.05) is 36.4 Å². The summed E-state index contributed by atoms with van der Waals surface area (Å²) in [6, 6.07) is 83.4. The van der Waals surface area contributed by atoms with Crippen LogP contribution in [0.4, 0.5) is 0 Å². The number of benzene rings is 9. The first-order valence-corrected chi connectivity index (χ1v) is 21.6. The molecule has 0 unspecified atom stereocenters. The zero-order valence-electron chi connectivity index (χ0n) is 34.8. The first-order valence-electron chi connectivity index (χ1n) is 21.6. The number of hydrogen-bond acceptors (Lipinski definition) is 3. The summed E-state index contributed by atoms with van der Waals surface area (Å²) in [5.74, 6) is 1.54. The highest BCUT2D eigenvalue weighted by Crippen LogP contribution is 2.43. The number of aromatic nitrogens is 5. The van der Waals surface area contributed by atoms with E-state index in [1.54, 1.807) is 0 Å². The van der Waals surface area contributed by atoms with Gasteiger partial charge in [0.05, 0.1) is 39.1 Å². The van der Waals surface area contributed by atoms with Crippen molar-refractivity contribution < 1.29 is 0 Å². The van der Waals surface area contributed by atoms with Gasteiger partial charge in [-0.3, -0.25) is 8.97 Å². The number of para-hydroxylation sites is 2. The van der Waals surface area contributed by atoms with Gasteiger partial charge in [-0.05, 0) is 75.8 Å². The number of hydrogen-bond donors (Lipinski definition) is 0. The highest BCUT2D eigenvalue weighted by molar-refractivity contribution is 5.99. The van der Waals surface area contributed by atoms with Crippen molar-refractivity contribution in [2.75, 3.05) is 0 Å². The van der Waals surface area contributed by atoms with Crippen molar-refractivity contribution in [1.29, 1.82) is 0 Å². The van der Waals surface area contributed by atoms with Gasteiger partial charge in [0.15, 0.2) is 5.82 Å². The average Bonchev–Trinajstić information content (AvgIpc) is 3.91. The molecule has 3 aromatic heterocycles. The van der Waals surface area contributed by atoms with Crippen LogP contribution in [0.15, 0.2) is 237 Å². The van der Waals surface area contributed by atoms with Crippen LogP contribution >= 0.6 is 0 Å². The second kappa shape index (κ2) is 15.7. The van der Waals surface area contributed by atoms with Gasteiger partial charge in [-0.1, -0.05) is 194 Å². The molecule has 0 bridgehead atoms. The predicted molar refractivity (Wildman–Crippen MR) is 263 cm³/mol. The van der Waals surface area contributed by atoms with Crippen molar-refractivity contribution in [1.82, 2.24) is 23.9 Å². The highest BCUT2D eigenvalue weighted by Gasteiger charge is 2.24. The molecular weight excluding hydrogens is 779 g/mol. The molecule has 0 amide bonds. The molecule has 0 N–H and O–H groups in total. The summed E-state index contributed by atoms with van der Waals surface area (Å²) in [4.78, 5) is 15.6. The Morgan fingerprint density at radius 3 is 1.30 bits per heavy atom. The Labute approximate surface area is 370 Å². The summed E-state index contributed by atoms with van der Waals surface area (Å²) in [6.07, 6.45) is 0. The minimum atomic E-state index is 0.688. The predicted octanol–water partition coefficient (Wildman–Crippen LogP) is 14.9. The molecule has 12 aromatic rings. The molecule has 300 valence electrons. The van der Waals surface area contributed by atoms with Crippen molar-refractivity contribution in [3.8, 4) is 84.1 Å². The SMILES string of the molecule is c1ccc(-c2cc(-c3ccccc3)c(-n3c4ccc(-c5ccc(-c6nc(-c7ccccc7)cc(-c7ccccc7)n6)cc5)cc4n4c5ccccc5nc34)c(-c3ccccc3)c2)cc1. The molecular formula is C59H39N5. The minimum Gasteiger partial charge on any atom is -0.277 e. The van der Waals surface area contributed by atoms with E-state index in [9.17, 15) is 0 Å². The number of imidazole rings is 2. The van der Waals surface area contributed by atoms with Crippen molar-refractivity contribution >= 4 is 27.8 Å². The molecule has 9 aromatic carbocycles. The minimum absolute atomic E-state index is 0.688. The summed E-state index contributed by atoms with van der Waals surface area (Å²) in [5.41, 5.74) is 19.1. The first kappa shape index (κ1) is 37.1. The van der Waals surface area contributed by atoms with Crippen LogP contribution in [0.5, 0.6) is 0 Å². The van der Waals surface area contributed by atoms with Gasteiger partial charge in [0.25, 0.3) is 0 Å². The molecule has 0 fully saturated rings. The van der Waals surface area contributed by atoms with Crippen molar-refractivity contribution in [2.45, 2.75) is 0 Å². The van der Waals surface area contributed by atoms with Crippen LogP contribution < -0.4 is 0 Å². The van der Waals surface area contributed by atoms with E-state index in [-0.39, 0.29) is 0 Å². The third kappa shape index (κ3) is 6.55. The monoisotopic (exact) mass is 817 g/mol. The molecule has 0 aliphatic heterocycles. The lowest BCUT2D eigenvalue weighted by molar-refractivity contribution is 1.11. The molecule has 12 rings (SSSR count). The zero-order chi connectivity index (χ0) is 42.4. The summed E-state index contributed by atoms with van der Waals surface area (Å²) >= 11 is 0. The summed E-state index contributed by atoms with van der Waals surface area (Å²) in [5, 5.41) is 0. The smallest absolute Gasteiger partial charge is 0.220 e. The maximum Gasteiger partial charge on any atom is 0.220 e. The van der Waals surface area contributed by atoms with Gasteiger partial charge in [-0.15, -0.1) is 0 Å². The Bertz CT molecular complexity index is 3500. The molecule has 0 saturated carbocycles. The van der Waals surface area contributed by atoms with Gasteiger partial charge in [-0.25, -0.2) is 15.0 Å². The summed E-state index contributed by atoms with van der Waals surface area (Å²) < 4.78 is 4.70. The lowest BCUT2D eigenvalue weighted by atomic mass is 9.90. The second-order valence-corrected chi connectivity index (χ2v) is 16.1. The van der Waals surface area contributed by atoms with Gasteiger partial charge < -0.3 is 0 Å². The molecule has 0 saturated heterocycles. The van der Waals surface area contributed by atoms with Crippen LogP contribution in [0, 0.1) is 0 Å². The molecule has 64 heavy (non-hydrogen) atoms. The topological polar surface area (TPSA) is 48.0 Å². The van der Waals surface area contributed by atoms with Crippen LogP contribution in [-0.4, -0.2) is 23.9 Å². The van der Waals surface area contributed by atoms with Crippen LogP contribution in [0.2, 0.25) is 0 Å². The number of nitrogens with zero attached hydrogens (tertiary/aromatic N) is 5. The van der Waals surface area contributed by atoms with Crippen LogP contribution in [0.25, 0.3) is 112 Å². The highest BCUT2D eigenvalue weighted by atomic mass is 15.2. The van der Waals surface area contributed by atoms with Gasteiger partial charge in [-0.2, -0.15) is 0 Å². The van der Waals surface area contributed by atoms with E-state index in [2.05, 4.69) is 209 Å². The van der Waals surface area contributed by atoms with Gasteiger partial charge in [0.1, 0.15) is 0 Å². The van der Waals surface area contributed by atoms with E-state index < -0.39 is 0 Å². The Balaban J connectivity index is 1.05. The Hall–Kier alpha value is -8.67. The van der Waals surface area contributed by atoms with Crippen molar-refractivity contribution in [3.63, 3.8) is 0 Å². The molecule has 0 aliphatic carbocycles. The molecule has 0 aliphatic rings. The largest absolute Gasteiger partial charge is 0.277 e.